The van der Waals surface area contributed by atoms with E-state index in [1.165, 1.54) is 23.0 Å². The molecule has 0 aliphatic carbocycles. The van der Waals surface area contributed by atoms with Crippen molar-refractivity contribution in [2.45, 2.75) is 51.9 Å². The van der Waals surface area contributed by atoms with E-state index in [4.69, 9.17) is 9.15 Å². The van der Waals surface area contributed by atoms with Crippen LogP contribution in [0.1, 0.15) is 58.9 Å². The third-order valence-corrected chi connectivity index (χ3v) is 6.10. The van der Waals surface area contributed by atoms with Crippen molar-refractivity contribution in [3.05, 3.63) is 89.1 Å². The third kappa shape index (κ3) is 5.64. The minimum absolute atomic E-state index is 0.0987. The Morgan fingerprint density at radius 1 is 1.16 bits per heavy atom. The predicted octanol–water partition coefficient (Wildman–Crippen LogP) is 4.66. The van der Waals surface area contributed by atoms with Gasteiger partial charge in [-0.05, 0) is 43.4 Å². The lowest BCUT2D eigenvalue weighted by Crippen LogP contribution is -2.32. The van der Waals surface area contributed by atoms with E-state index in [0.29, 0.717) is 24.7 Å². The Bertz CT molecular complexity index is 1010. The van der Waals surface area contributed by atoms with Crippen LogP contribution < -0.4 is 5.32 Å². The number of hydrogen-bond acceptors (Lipinski definition) is 5. The van der Waals surface area contributed by atoms with Crippen molar-refractivity contribution >= 4 is 5.91 Å². The number of hydrogen-bond donors (Lipinski definition) is 1. The van der Waals surface area contributed by atoms with Gasteiger partial charge in [-0.25, -0.2) is 4.98 Å². The number of rotatable bonds is 9. The molecule has 32 heavy (non-hydrogen) atoms. The molecule has 6 heteroatoms. The van der Waals surface area contributed by atoms with E-state index in [-0.39, 0.29) is 18.1 Å². The average Bonchev–Trinajstić information content (AvgIpc) is 3.51. The molecule has 1 N–H and O–H groups in total. The van der Waals surface area contributed by atoms with Crippen LogP contribution in [-0.4, -0.2) is 35.0 Å². The van der Waals surface area contributed by atoms with Crippen LogP contribution in [0.3, 0.4) is 0 Å². The number of benzene rings is 2. The van der Waals surface area contributed by atoms with Crippen LogP contribution in [0.4, 0.5) is 0 Å². The van der Waals surface area contributed by atoms with Crippen molar-refractivity contribution in [3.63, 3.8) is 0 Å². The first-order chi connectivity index (χ1) is 15.6. The fourth-order valence-corrected chi connectivity index (χ4v) is 4.04. The number of aryl methyl sites for hydroxylation is 1. The van der Waals surface area contributed by atoms with Gasteiger partial charge in [0.1, 0.15) is 6.26 Å². The number of oxazole rings is 1. The second-order valence-electron chi connectivity index (χ2n) is 8.39. The highest BCUT2D eigenvalue weighted by Gasteiger charge is 2.22. The first kappa shape index (κ1) is 22.2. The standard InChI is InChI=1S/C26H31N3O3/c1-19-9-6-7-12-22(19)16-29(20(2)21-10-4-3-5-11-21)17-25-28-24(18-32-25)26(30)27-15-23-13-8-14-31-23/h3-7,9-12,18,20,23H,8,13-17H2,1-2H3,(H,27,30)/t20-,23+/m1/s1. The first-order valence-corrected chi connectivity index (χ1v) is 11.3. The SMILES string of the molecule is Cc1ccccc1CN(Cc1nc(C(=O)NC[C@@H]2CCCO2)co1)[C@H](C)c1ccccc1. The Morgan fingerprint density at radius 3 is 2.69 bits per heavy atom. The number of nitrogens with zero attached hydrogens (tertiary/aromatic N) is 2. The van der Waals surface area contributed by atoms with Crippen LogP contribution in [-0.2, 0) is 17.8 Å². The van der Waals surface area contributed by atoms with Crippen molar-refractivity contribution in [2.75, 3.05) is 13.2 Å². The maximum atomic E-state index is 12.5. The maximum absolute atomic E-state index is 12.5. The van der Waals surface area contributed by atoms with Gasteiger partial charge in [0.2, 0.25) is 5.89 Å². The summed E-state index contributed by atoms with van der Waals surface area (Å²) in [7, 11) is 0. The molecule has 168 valence electrons. The van der Waals surface area contributed by atoms with Crippen molar-refractivity contribution in [3.8, 4) is 0 Å². The highest BCUT2D eigenvalue weighted by Crippen LogP contribution is 2.25. The van der Waals surface area contributed by atoms with Crippen molar-refractivity contribution < 1.29 is 13.9 Å². The summed E-state index contributed by atoms with van der Waals surface area (Å²) in [4.78, 5) is 19.3. The molecule has 0 unspecified atom stereocenters. The Balaban J connectivity index is 1.47. The topological polar surface area (TPSA) is 67.6 Å². The largest absolute Gasteiger partial charge is 0.447 e. The van der Waals surface area contributed by atoms with Gasteiger partial charge >= 0.3 is 0 Å². The minimum Gasteiger partial charge on any atom is -0.447 e. The number of amides is 1. The van der Waals surface area contributed by atoms with E-state index in [1.54, 1.807) is 0 Å². The lowest BCUT2D eigenvalue weighted by atomic mass is 10.0. The zero-order valence-electron chi connectivity index (χ0n) is 18.8. The van der Waals surface area contributed by atoms with Crippen LogP contribution in [0.25, 0.3) is 0 Å². The molecule has 0 spiro atoms. The number of carbonyl (C=O) groups excluding carboxylic acids is 1. The molecular formula is C26H31N3O3. The Morgan fingerprint density at radius 2 is 1.94 bits per heavy atom. The van der Waals surface area contributed by atoms with Crippen LogP contribution in [0.5, 0.6) is 0 Å². The minimum atomic E-state index is -0.225. The first-order valence-electron chi connectivity index (χ1n) is 11.3. The molecule has 1 saturated heterocycles. The van der Waals surface area contributed by atoms with Gasteiger partial charge < -0.3 is 14.5 Å². The summed E-state index contributed by atoms with van der Waals surface area (Å²) in [6, 6.07) is 19.0. The van der Waals surface area contributed by atoms with Crippen molar-refractivity contribution in [1.82, 2.24) is 15.2 Å². The molecule has 1 amide bonds. The molecular weight excluding hydrogens is 402 g/mol. The van der Waals surface area contributed by atoms with Crippen LogP contribution >= 0.6 is 0 Å². The van der Waals surface area contributed by atoms with Gasteiger partial charge in [-0.1, -0.05) is 54.6 Å². The number of aromatic nitrogens is 1. The quantitative estimate of drug-likeness (QED) is 0.532. The molecule has 1 aliphatic rings. The number of ether oxygens (including phenoxy) is 1. The molecule has 2 atom stereocenters. The molecule has 4 rings (SSSR count). The second-order valence-corrected chi connectivity index (χ2v) is 8.39. The van der Waals surface area contributed by atoms with E-state index in [0.717, 1.165) is 26.0 Å². The molecule has 3 aromatic rings. The summed E-state index contributed by atoms with van der Waals surface area (Å²) < 4.78 is 11.3. The lowest BCUT2D eigenvalue weighted by Gasteiger charge is -2.29. The summed E-state index contributed by atoms with van der Waals surface area (Å²) in [5.41, 5.74) is 4.04. The number of nitrogens with one attached hydrogen (secondary N) is 1. The van der Waals surface area contributed by atoms with E-state index < -0.39 is 0 Å². The third-order valence-electron chi connectivity index (χ3n) is 6.10. The van der Waals surface area contributed by atoms with Crippen LogP contribution in [0.15, 0.2) is 65.3 Å². The van der Waals surface area contributed by atoms with Crippen molar-refractivity contribution in [1.29, 1.82) is 0 Å². The van der Waals surface area contributed by atoms with Crippen molar-refractivity contribution in [2.24, 2.45) is 0 Å². The highest BCUT2D eigenvalue weighted by molar-refractivity contribution is 5.91. The Hall–Kier alpha value is -2.96. The van der Waals surface area contributed by atoms with Gasteiger partial charge in [0, 0.05) is 25.7 Å². The van der Waals surface area contributed by atoms with E-state index >= 15 is 0 Å². The summed E-state index contributed by atoms with van der Waals surface area (Å²) in [6.07, 6.45) is 3.57. The van der Waals surface area contributed by atoms with Gasteiger partial charge in [-0.15, -0.1) is 0 Å². The normalized spacial score (nSPS) is 16.9. The fourth-order valence-electron chi connectivity index (χ4n) is 4.04. The molecule has 2 heterocycles. The number of carbonyl (C=O) groups is 1. The smallest absolute Gasteiger partial charge is 0.273 e. The molecule has 2 aromatic carbocycles. The molecule has 1 aromatic heterocycles. The van der Waals surface area contributed by atoms with E-state index in [2.05, 4.69) is 77.6 Å². The summed E-state index contributed by atoms with van der Waals surface area (Å²) >= 11 is 0. The van der Waals surface area contributed by atoms with Crippen LogP contribution in [0, 0.1) is 6.92 Å². The van der Waals surface area contributed by atoms with Gasteiger partial charge in [0.15, 0.2) is 5.69 Å². The molecule has 1 aliphatic heterocycles. The zero-order valence-corrected chi connectivity index (χ0v) is 18.8. The second kappa shape index (κ2) is 10.6. The Kier molecular flexibility index (Phi) is 7.35. The van der Waals surface area contributed by atoms with Gasteiger partial charge in [0.25, 0.3) is 5.91 Å². The molecule has 1 fully saturated rings. The monoisotopic (exact) mass is 433 g/mol. The van der Waals surface area contributed by atoms with Gasteiger partial charge in [0.05, 0.1) is 12.6 Å². The molecule has 6 nitrogen and oxygen atoms in total. The zero-order chi connectivity index (χ0) is 22.3. The average molecular weight is 434 g/mol. The molecule has 0 bridgehead atoms. The van der Waals surface area contributed by atoms with Gasteiger partial charge in [-0.3, -0.25) is 9.69 Å². The molecule has 0 radical (unpaired) electrons. The molecule has 0 saturated carbocycles. The van der Waals surface area contributed by atoms with E-state index in [9.17, 15) is 4.79 Å². The maximum Gasteiger partial charge on any atom is 0.273 e. The predicted molar refractivity (Wildman–Crippen MR) is 123 cm³/mol. The summed E-state index contributed by atoms with van der Waals surface area (Å²) in [6.45, 7) is 6.85. The Labute approximate surface area is 189 Å². The summed E-state index contributed by atoms with van der Waals surface area (Å²) in [5.74, 6) is 0.306. The summed E-state index contributed by atoms with van der Waals surface area (Å²) in [5, 5.41) is 2.90. The highest BCUT2D eigenvalue weighted by atomic mass is 16.5. The lowest BCUT2D eigenvalue weighted by molar-refractivity contribution is 0.0853. The van der Waals surface area contributed by atoms with E-state index in [1.807, 2.05) is 6.07 Å². The van der Waals surface area contributed by atoms with Gasteiger partial charge in [-0.2, -0.15) is 0 Å². The fraction of sp³-hybridized carbons (Fsp3) is 0.385. The van der Waals surface area contributed by atoms with Crippen LogP contribution in [0.2, 0.25) is 0 Å².